The Morgan fingerprint density at radius 3 is 2.33 bits per heavy atom. The number of benzene rings is 3. The Morgan fingerprint density at radius 1 is 0.952 bits per heavy atom. The van der Waals surface area contributed by atoms with E-state index in [1.165, 1.54) is 12.0 Å². The molecule has 9 heteroatoms. The standard InChI is InChI=1S/C33H31N3O6/c1-22-6-3-4-7-26(22)20-42-27-14-12-24(13-15-27)30(37)28-29(23-8-10-25(11-9-23)33(40)41-2)36(32(39)31(28)38)18-5-17-35-19-16-34-21-35/h3-4,6-16,19,21,29,37H,5,17-18,20H2,1-2H3/t29-/m1/s1. The highest BCUT2D eigenvalue weighted by Gasteiger charge is 2.45. The highest BCUT2D eigenvalue weighted by atomic mass is 16.5. The van der Waals surface area contributed by atoms with Gasteiger partial charge in [0.05, 0.1) is 30.6 Å². The number of Topliss-reactive ketones (excluding diaryl/α,β-unsaturated/α-hetero) is 1. The molecule has 214 valence electrons. The normalized spacial score (nSPS) is 16.0. The Balaban J connectivity index is 1.43. The minimum atomic E-state index is -0.837. The Morgan fingerprint density at radius 2 is 1.67 bits per heavy atom. The fourth-order valence-electron chi connectivity index (χ4n) is 5.02. The molecule has 0 saturated carbocycles. The lowest BCUT2D eigenvalue weighted by Gasteiger charge is -2.25. The van der Waals surface area contributed by atoms with Gasteiger partial charge in [0.2, 0.25) is 0 Å². The molecule has 42 heavy (non-hydrogen) atoms. The number of hydrogen-bond acceptors (Lipinski definition) is 7. The van der Waals surface area contributed by atoms with Crippen molar-refractivity contribution in [3.8, 4) is 5.75 Å². The summed E-state index contributed by atoms with van der Waals surface area (Å²) in [6.07, 6.45) is 5.75. The molecule has 1 saturated heterocycles. The number of carbonyl (C=O) groups is 3. The zero-order valence-electron chi connectivity index (χ0n) is 23.4. The van der Waals surface area contributed by atoms with E-state index in [-0.39, 0.29) is 17.9 Å². The first-order chi connectivity index (χ1) is 20.4. The van der Waals surface area contributed by atoms with E-state index in [0.29, 0.717) is 42.0 Å². The van der Waals surface area contributed by atoms with E-state index in [1.807, 2.05) is 42.0 Å². The van der Waals surface area contributed by atoms with Crippen LogP contribution in [0.5, 0.6) is 5.75 Å². The molecule has 4 aromatic rings. The minimum Gasteiger partial charge on any atom is -0.507 e. The molecule has 1 amide bonds. The van der Waals surface area contributed by atoms with Crippen LogP contribution in [0.2, 0.25) is 0 Å². The predicted molar refractivity (Wildman–Crippen MR) is 156 cm³/mol. The second kappa shape index (κ2) is 12.6. The zero-order chi connectivity index (χ0) is 29.6. The number of aryl methyl sites for hydroxylation is 2. The number of imidazole rings is 1. The Hall–Kier alpha value is -5.18. The molecule has 1 aliphatic rings. The van der Waals surface area contributed by atoms with E-state index >= 15 is 0 Å². The van der Waals surface area contributed by atoms with Gasteiger partial charge in [0, 0.05) is 31.0 Å². The molecule has 0 spiro atoms. The molecule has 0 radical (unpaired) electrons. The van der Waals surface area contributed by atoms with E-state index in [9.17, 15) is 19.5 Å². The molecular formula is C33H31N3O6. The third-order valence-electron chi connectivity index (χ3n) is 7.35. The van der Waals surface area contributed by atoms with Crippen molar-refractivity contribution in [2.24, 2.45) is 0 Å². The van der Waals surface area contributed by atoms with Crippen molar-refractivity contribution in [2.75, 3.05) is 13.7 Å². The average Bonchev–Trinajstić information content (AvgIpc) is 3.63. The maximum atomic E-state index is 13.4. The van der Waals surface area contributed by atoms with Crippen LogP contribution in [0.3, 0.4) is 0 Å². The number of aliphatic hydroxyl groups is 1. The van der Waals surface area contributed by atoms with Crippen LogP contribution in [0.1, 0.15) is 45.1 Å². The third kappa shape index (κ3) is 5.95. The number of ether oxygens (including phenoxy) is 2. The van der Waals surface area contributed by atoms with E-state index in [1.54, 1.807) is 61.1 Å². The van der Waals surface area contributed by atoms with Gasteiger partial charge in [-0.15, -0.1) is 0 Å². The summed E-state index contributed by atoms with van der Waals surface area (Å²) < 4.78 is 12.6. The second-order valence-electron chi connectivity index (χ2n) is 10.00. The highest BCUT2D eigenvalue weighted by molar-refractivity contribution is 6.46. The van der Waals surface area contributed by atoms with Crippen molar-refractivity contribution in [1.29, 1.82) is 0 Å². The number of methoxy groups -OCH3 is 1. The quantitative estimate of drug-likeness (QED) is 0.124. The fourth-order valence-corrected chi connectivity index (χ4v) is 5.02. The van der Waals surface area contributed by atoms with Crippen molar-refractivity contribution in [3.63, 3.8) is 0 Å². The van der Waals surface area contributed by atoms with Gasteiger partial charge in [0.1, 0.15) is 18.1 Å². The van der Waals surface area contributed by atoms with Crippen LogP contribution in [0.4, 0.5) is 0 Å². The van der Waals surface area contributed by atoms with E-state index in [2.05, 4.69) is 4.98 Å². The first kappa shape index (κ1) is 28.4. The lowest BCUT2D eigenvalue weighted by atomic mass is 9.94. The Bertz CT molecular complexity index is 1610. The van der Waals surface area contributed by atoms with E-state index in [0.717, 1.165) is 11.1 Å². The van der Waals surface area contributed by atoms with Crippen LogP contribution >= 0.6 is 0 Å². The fraction of sp³-hybridized carbons (Fsp3) is 0.212. The summed E-state index contributed by atoms with van der Waals surface area (Å²) in [5, 5.41) is 11.4. The highest BCUT2D eigenvalue weighted by Crippen LogP contribution is 2.39. The molecule has 0 aliphatic carbocycles. The summed E-state index contributed by atoms with van der Waals surface area (Å²) in [5.41, 5.74) is 3.48. The number of ketones is 1. The Labute approximate surface area is 243 Å². The number of aliphatic hydroxyl groups excluding tert-OH is 1. The summed E-state index contributed by atoms with van der Waals surface area (Å²) >= 11 is 0. The molecule has 2 heterocycles. The van der Waals surface area contributed by atoms with Gasteiger partial charge in [0.15, 0.2) is 0 Å². The molecule has 1 aromatic heterocycles. The van der Waals surface area contributed by atoms with E-state index < -0.39 is 23.7 Å². The molecule has 1 atom stereocenters. The number of nitrogens with zero attached hydrogens (tertiary/aromatic N) is 3. The smallest absolute Gasteiger partial charge is 0.337 e. The van der Waals surface area contributed by atoms with Gasteiger partial charge >= 0.3 is 5.97 Å². The lowest BCUT2D eigenvalue weighted by molar-refractivity contribution is -0.139. The summed E-state index contributed by atoms with van der Waals surface area (Å²) in [6.45, 7) is 3.28. The van der Waals surface area contributed by atoms with Gasteiger partial charge in [-0.25, -0.2) is 9.78 Å². The first-order valence-electron chi connectivity index (χ1n) is 13.6. The van der Waals surface area contributed by atoms with E-state index in [4.69, 9.17) is 9.47 Å². The largest absolute Gasteiger partial charge is 0.507 e. The third-order valence-corrected chi connectivity index (χ3v) is 7.35. The van der Waals surface area contributed by atoms with Crippen molar-refractivity contribution in [1.82, 2.24) is 14.5 Å². The van der Waals surface area contributed by atoms with Crippen LogP contribution in [-0.4, -0.2) is 50.9 Å². The molecule has 3 aromatic carbocycles. The van der Waals surface area contributed by atoms with Crippen molar-refractivity contribution < 1.29 is 29.0 Å². The number of amides is 1. The molecule has 9 nitrogen and oxygen atoms in total. The summed E-state index contributed by atoms with van der Waals surface area (Å²) in [6, 6.07) is 20.4. The maximum absolute atomic E-state index is 13.4. The van der Waals surface area contributed by atoms with Gasteiger partial charge in [-0.1, -0.05) is 36.4 Å². The predicted octanol–water partition coefficient (Wildman–Crippen LogP) is 5.07. The second-order valence-corrected chi connectivity index (χ2v) is 10.00. The molecule has 5 rings (SSSR count). The number of hydrogen-bond donors (Lipinski definition) is 1. The zero-order valence-corrected chi connectivity index (χ0v) is 23.4. The van der Waals surface area contributed by atoms with Gasteiger partial charge in [-0.2, -0.15) is 0 Å². The van der Waals surface area contributed by atoms with Crippen LogP contribution in [0, 0.1) is 6.92 Å². The molecular weight excluding hydrogens is 534 g/mol. The first-order valence-corrected chi connectivity index (χ1v) is 13.6. The van der Waals surface area contributed by atoms with Crippen LogP contribution in [0.15, 0.2) is 97.1 Å². The van der Waals surface area contributed by atoms with Gasteiger partial charge < -0.3 is 24.0 Å². The van der Waals surface area contributed by atoms with Crippen LogP contribution in [0.25, 0.3) is 5.76 Å². The molecule has 1 aliphatic heterocycles. The van der Waals surface area contributed by atoms with Crippen molar-refractivity contribution >= 4 is 23.4 Å². The van der Waals surface area contributed by atoms with Gasteiger partial charge in [-0.05, 0) is 66.4 Å². The molecule has 0 bridgehead atoms. The minimum absolute atomic E-state index is 0.0120. The maximum Gasteiger partial charge on any atom is 0.337 e. The SMILES string of the molecule is COC(=O)c1ccc([C@@H]2C(=C(O)c3ccc(OCc4ccccc4C)cc3)C(=O)C(=O)N2CCCn2ccnc2)cc1. The monoisotopic (exact) mass is 565 g/mol. The number of carbonyl (C=O) groups excluding carboxylic acids is 3. The summed E-state index contributed by atoms with van der Waals surface area (Å²) in [4.78, 5) is 44.1. The molecule has 1 fully saturated rings. The number of esters is 1. The lowest BCUT2D eigenvalue weighted by Crippen LogP contribution is -2.31. The summed E-state index contributed by atoms with van der Waals surface area (Å²) in [5.74, 6) is -1.64. The topological polar surface area (TPSA) is 111 Å². The molecule has 1 N–H and O–H groups in total. The van der Waals surface area contributed by atoms with Crippen molar-refractivity contribution in [2.45, 2.75) is 32.5 Å². The van der Waals surface area contributed by atoms with Gasteiger partial charge in [0.25, 0.3) is 11.7 Å². The summed E-state index contributed by atoms with van der Waals surface area (Å²) in [7, 11) is 1.30. The molecule has 0 unspecified atom stereocenters. The number of aromatic nitrogens is 2. The Kier molecular flexibility index (Phi) is 8.47. The van der Waals surface area contributed by atoms with Gasteiger partial charge in [-0.3, -0.25) is 9.59 Å². The van der Waals surface area contributed by atoms with Crippen LogP contribution in [-0.2, 0) is 27.5 Å². The van der Waals surface area contributed by atoms with Crippen LogP contribution < -0.4 is 4.74 Å². The number of likely N-dealkylation sites (tertiary alicyclic amines) is 1. The number of rotatable bonds is 10. The van der Waals surface area contributed by atoms with Crippen molar-refractivity contribution in [3.05, 3.63) is 125 Å². The average molecular weight is 566 g/mol.